The number of hydrogen-bond donors (Lipinski definition) is 0. The van der Waals surface area contributed by atoms with Crippen LogP contribution < -0.4 is 0 Å². The molecule has 1 aliphatic heterocycles. The van der Waals surface area contributed by atoms with Crippen molar-refractivity contribution >= 4 is 26.2 Å². The minimum atomic E-state index is -4.43. The molecule has 4 rings (SSSR count). The van der Waals surface area contributed by atoms with Gasteiger partial charge in [-0.25, -0.2) is 0 Å². The van der Waals surface area contributed by atoms with E-state index in [9.17, 15) is 21.6 Å². The Bertz CT molecular complexity index is 1500. The molecule has 0 bridgehead atoms. The summed E-state index contributed by atoms with van der Waals surface area (Å²) in [6.07, 6.45) is -4.93. The van der Waals surface area contributed by atoms with Gasteiger partial charge in [-0.15, -0.1) is 0 Å². The normalized spacial score (nSPS) is 20.5. The van der Waals surface area contributed by atoms with Crippen LogP contribution in [0.3, 0.4) is 0 Å². The minimum absolute atomic E-state index is 0.121. The standard InChI is InChI=1S/C28H30O10S2/c1-19-9-13-23(14-10-19)39(30,31)35-18-26(38-40(32,33)24-15-11-20(2)12-16-24)27-25(36-21(3)29)17-34-28(37-27)22-7-5-4-6-8-22/h4-16,25-28H,17-18H2,1-3H3. The van der Waals surface area contributed by atoms with Gasteiger partial charge < -0.3 is 14.2 Å². The first-order valence-corrected chi connectivity index (χ1v) is 15.2. The second-order valence-corrected chi connectivity index (χ2v) is 12.5. The number of carbonyl (C=O) groups is 1. The predicted molar refractivity (Wildman–Crippen MR) is 143 cm³/mol. The van der Waals surface area contributed by atoms with Crippen molar-refractivity contribution in [1.29, 1.82) is 0 Å². The van der Waals surface area contributed by atoms with Crippen LogP contribution in [-0.4, -0.2) is 54.3 Å². The Kier molecular flexibility index (Phi) is 9.39. The Balaban J connectivity index is 1.68. The van der Waals surface area contributed by atoms with Crippen molar-refractivity contribution in [3.8, 4) is 0 Å². The van der Waals surface area contributed by atoms with E-state index in [1.165, 1.54) is 31.2 Å². The van der Waals surface area contributed by atoms with Crippen molar-refractivity contribution < 1.29 is 44.2 Å². The van der Waals surface area contributed by atoms with E-state index < -0.39 is 57.4 Å². The molecule has 0 aliphatic carbocycles. The fourth-order valence-electron chi connectivity index (χ4n) is 4.00. The second kappa shape index (κ2) is 12.6. The largest absolute Gasteiger partial charge is 0.457 e. The third-order valence-electron chi connectivity index (χ3n) is 6.07. The number of benzene rings is 3. The summed E-state index contributed by atoms with van der Waals surface area (Å²) in [4.78, 5) is 11.6. The van der Waals surface area contributed by atoms with E-state index in [-0.39, 0.29) is 16.4 Å². The molecule has 40 heavy (non-hydrogen) atoms. The van der Waals surface area contributed by atoms with E-state index in [2.05, 4.69) is 0 Å². The van der Waals surface area contributed by atoms with Crippen LogP contribution in [0.4, 0.5) is 0 Å². The highest BCUT2D eigenvalue weighted by Crippen LogP contribution is 2.32. The zero-order valence-corrected chi connectivity index (χ0v) is 23.8. The van der Waals surface area contributed by atoms with E-state index in [1.54, 1.807) is 68.4 Å². The number of rotatable bonds is 10. The highest BCUT2D eigenvalue weighted by atomic mass is 32.2. The molecule has 214 valence electrons. The molecular formula is C28H30O10S2. The molecule has 1 saturated heterocycles. The van der Waals surface area contributed by atoms with Crippen molar-refractivity contribution in [2.24, 2.45) is 0 Å². The fraction of sp³-hybridized carbons (Fsp3) is 0.321. The molecule has 4 atom stereocenters. The van der Waals surface area contributed by atoms with E-state index in [1.807, 2.05) is 0 Å². The highest BCUT2D eigenvalue weighted by molar-refractivity contribution is 7.87. The van der Waals surface area contributed by atoms with Crippen molar-refractivity contribution in [3.63, 3.8) is 0 Å². The van der Waals surface area contributed by atoms with Crippen molar-refractivity contribution in [2.75, 3.05) is 13.2 Å². The van der Waals surface area contributed by atoms with Gasteiger partial charge in [-0.05, 0) is 38.1 Å². The van der Waals surface area contributed by atoms with Gasteiger partial charge in [0.05, 0.1) is 23.0 Å². The first kappa shape index (κ1) is 29.8. The monoisotopic (exact) mass is 590 g/mol. The lowest BCUT2D eigenvalue weighted by Crippen LogP contribution is -2.52. The molecule has 3 aromatic rings. The van der Waals surface area contributed by atoms with Crippen LogP contribution >= 0.6 is 0 Å². The summed E-state index contributed by atoms with van der Waals surface area (Å²) in [7, 11) is -8.75. The Labute approximate surface area is 234 Å². The highest BCUT2D eigenvalue weighted by Gasteiger charge is 2.43. The van der Waals surface area contributed by atoms with Gasteiger partial charge >= 0.3 is 5.97 Å². The molecule has 10 nitrogen and oxygen atoms in total. The van der Waals surface area contributed by atoms with Crippen LogP contribution in [0.5, 0.6) is 0 Å². The SMILES string of the molecule is CC(=O)OC1COC(c2ccccc2)OC1C(COS(=O)(=O)c1ccc(C)cc1)OS(=O)(=O)c1ccc(C)cc1. The molecule has 0 amide bonds. The summed E-state index contributed by atoms with van der Waals surface area (Å²) in [5.41, 5.74) is 2.29. The first-order valence-electron chi connectivity index (χ1n) is 12.4. The fourth-order valence-corrected chi connectivity index (χ4v) is 5.99. The third kappa shape index (κ3) is 7.53. The lowest BCUT2D eigenvalue weighted by Gasteiger charge is -2.39. The lowest BCUT2D eigenvalue weighted by atomic mass is 10.1. The third-order valence-corrected chi connectivity index (χ3v) is 8.72. The summed E-state index contributed by atoms with van der Waals surface area (Å²) in [6, 6.07) is 20.7. The number of esters is 1. The molecular weight excluding hydrogens is 560 g/mol. The molecule has 12 heteroatoms. The van der Waals surface area contributed by atoms with Gasteiger partial charge in [0.15, 0.2) is 12.4 Å². The maximum Gasteiger partial charge on any atom is 0.303 e. The molecule has 0 N–H and O–H groups in total. The van der Waals surface area contributed by atoms with Crippen molar-refractivity contribution in [1.82, 2.24) is 0 Å². The Morgan fingerprint density at radius 2 is 1.40 bits per heavy atom. The van der Waals surface area contributed by atoms with Gasteiger partial charge in [0.1, 0.15) is 12.2 Å². The van der Waals surface area contributed by atoms with Crippen molar-refractivity contribution in [2.45, 2.75) is 55.2 Å². The van der Waals surface area contributed by atoms with E-state index in [0.29, 0.717) is 5.56 Å². The lowest BCUT2D eigenvalue weighted by molar-refractivity contribution is -0.278. The van der Waals surface area contributed by atoms with Crippen LogP contribution in [-0.2, 0) is 47.6 Å². The topological polar surface area (TPSA) is 132 Å². The first-order chi connectivity index (χ1) is 18.9. The predicted octanol–water partition coefficient (Wildman–Crippen LogP) is 3.83. The summed E-state index contributed by atoms with van der Waals surface area (Å²) < 4.78 is 80.6. The maximum atomic E-state index is 13.3. The van der Waals surface area contributed by atoms with Gasteiger partial charge in [-0.1, -0.05) is 65.7 Å². The smallest absolute Gasteiger partial charge is 0.303 e. The van der Waals surface area contributed by atoms with Crippen LogP contribution in [0.25, 0.3) is 0 Å². The van der Waals surface area contributed by atoms with E-state index in [0.717, 1.165) is 11.1 Å². The van der Waals surface area contributed by atoms with Gasteiger partial charge in [0, 0.05) is 12.5 Å². The second-order valence-electron chi connectivity index (χ2n) is 9.28. The van der Waals surface area contributed by atoms with E-state index in [4.69, 9.17) is 22.6 Å². The Hall–Kier alpha value is -3.13. The summed E-state index contributed by atoms with van der Waals surface area (Å²) in [5, 5.41) is 0. The van der Waals surface area contributed by atoms with Gasteiger partial charge in [-0.2, -0.15) is 16.8 Å². The molecule has 0 spiro atoms. The molecule has 1 heterocycles. The molecule has 1 fully saturated rings. The van der Waals surface area contributed by atoms with Crippen LogP contribution in [0.15, 0.2) is 88.7 Å². The number of hydrogen-bond acceptors (Lipinski definition) is 10. The van der Waals surface area contributed by atoms with Gasteiger partial charge in [0.25, 0.3) is 20.2 Å². The van der Waals surface area contributed by atoms with E-state index >= 15 is 0 Å². The average molecular weight is 591 g/mol. The summed E-state index contributed by atoms with van der Waals surface area (Å²) in [6.45, 7) is 3.85. The number of aryl methyl sites for hydroxylation is 2. The van der Waals surface area contributed by atoms with Gasteiger partial charge in [-0.3, -0.25) is 13.2 Å². The number of ether oxygens (including phenoxy) is 3. The zero-order valence-electron chi connectivity index (χ0n) is 22.1. The molecule has 1 aliphatic rings. The molecule has 0 aromatic heterocycles. The van der Waals surface area contributed by atoms with Crippen LogP contribution in [0.2, 0.25) is 0 Å². The quantitative estimate of drug-likeness (QED) is 0.254. The van der Waals surface area contributed by atoms with Crippen LogP contribution in [0.1, 0.15) is 29.9 Å². The summed E-state index contributed by atoms with van der Waals surface area (Å²) in [5.74, 6) is -0.673. The average Bonchev–Trinajstić information content (AvgIpc) is 2.92. The Morgan fingerprint density at radius 3 is 1.95 bits per heavy atom. The molecule has 0 radical (unpaired) electrons. The van der Waals surface area contributed by atoms with Crippen molar-refractivity contribution in [3.05, 3.63) is 95.6 Å². The maximum absolute atomic E-state index is 13.3. The van der Waals surface area contributed by atoms with Gasteiger partial charge in [0.2, 0.25) is 0 Å². The zero-order chi connectivity index (χ0) is 28.9. The van der Waals surface area contributed by atoms with Crippen LogP contribution in [0, 0.1) is 13.8 Å². The minimum Gasteiger partial charge on any atom is -0.457 e. The Morgan fingerprint density at radius 1 is 0.850 bits per heavy atom. The molecule has 0 saturated carbocycles. The molecule has 3 aromatic carbocycles. The summed E-state index contributed by atoms with van der Waals surface area (Å²) >= 11 is 0. The molecule has 4 unspecified atom stereocenters. The number of carbonyl (C=O) groups excluding carboxylic acids is 1.